The monoisotopic (exact) mass is 358 g/mol. The Morgan fingerprint density at radius 3 is 2.64 bits per heavy atom. The first kappa shape index (κ1) is 19.2. The molecule has 6 heteroatoms. The number of benzene rings is 1. The van der Waals surface area contributed by atoms with Crippen molar-refractivity contribution in [2.45, 2.75) is 56.6 Å². The molecule has 1 aromatic heterocycles. The van der Waals surface area contributed by atoms with Gasteiger partial charge in [0.15, 0.2) is 11.0 Å². The summed E-state index contributed by atoms with van der Waals surface area (Å²) in [5.41, 5.74) is 0.781. The molecule has 2 rings (SSSR count). The average molecular weight is 359 g/mol. The highest BCUT2D eigenvalue weighted by Crippen LogP contribution is 2.27. The maximum Gasteiger partial charge on any atom is 0.233 e. The lowest BCUT2D eigenvalue weighted by Crippen LogP contribution is -2.46. The fourth-order valence-corrected chi connectivity index (χ4v) is 3.06. The van der Waals surface area contributed by atoms with Gasteiger partial charge in [0.1, 0.15) is 0 Å². The first-order chi connectivity index (χ1) is 11.9. The van der Waals surface area contributed by atoms with Crippen molar-refractivity contribution in [2.24, 2.45) is 0 Å². The van der Waals surface area contributed by atoms with Crippen LogP contribution in [0.5, 0.6) is 0 Å². The number of rotatable bonds is 8. The van der Waals surface area contributed by atoms with E-state index in [-0.39, 0.29) is 16.7 Å². The van der Waals surface area contributed by atoms with Crippen LogP contribution in [-0.2, 0) is 11.3 Å². The third-order valence-electron chi connectivity index (χ3n) is 4.06. The van der Waals surface area contributed by atoms with Crippen molar-refractivity contribution >= 4 is 17.7 Å². The second-order valence-electron chi connectivity index (χ2n) is 6.56. The van der Waals surface area contributed by atoms with Crippen LogP contribution in [0.4, 0.5) is 0 Å². The van der Waals surface area contributed by atoms with Crippen LogP contribution in [0.25, 0.3) is 11.4 Å². The predicted molar refractivity (Wildman–Crippen MR) is 103 cm³/mol. The number of aromatic nitrogens is 3. The summed E-state index contributed by atoms with van der Waals surface area (Å²) in [7, 11) is 0. The van der Waals surface area contributed by atoms with E-state index in [1.807, 2.05) is 61.7 Å². The van der Waals surface area contributed by atoms with Gasteiger partial charge in [0.05, 0.1) is 5.25 Å². The van der Waals surface area contributed by atoms with E-state index >= 15 is 0 Å². The third kappa shape index (κ3) is 4.95. The molecule has 2 aromatic rings. The topological polar surface area (TPSA) is 59.8 Å². The zero-order chi connectivity index (χ0) is 18.4. The van der Waals surface area contributed by atoms with Crippen molar-refractivity contribution in [3.63, 3.8) is 0 Å². The maximum absolute atomic E-state index is 12.5. The van der Waals surface area contributed by atoms with E-state index in [0.717, 1.165) is 23.0 Å². The van der Waals surface area contributed by atoms with Gasteiger partial charge in [0.25, 0.3) is 0 Å². The summed E-state index contributed by atoms with van der Waals surface area (Å²) >= 11 is 1.41. The van der Waals surface area contributed by atoms with Crippen LogP contribution in [0.2, 0.25) is 0 Å². The molecule has 0 aliphatic heterocycles. The van der Waals surface area contributed by atoms with Crippen LogP contribution < -0.4 is 5.32 Å². The zero-order valence-corrected chi connectivity index (χ0v) is 16.1. The number of nitrogens with zero attached hydrogens (tertiary/aromatic N) is 3. The van der Waals surface area contributed by atoms with Gasteiger partial charge in [-0.05, 0) is 27.2 Å². The average Bonchev–Trinajstić information content (AvgIpc) is 2.98. The van der Waals surface area contributed by atoms with Crippen LogP contribution in [0.1, 0.15) is 34.1 Å². The molecule has 0 radical (unpaired) electrons. The molecule has 25 heavy (non-hydrogen) atoms. The quantitative estimate of drug-likeness (QED) is 0.574. The summed E-state index contributed by atoms with van der Waals surface area (Å²) in [5, 5.41) is 12.2. The first-order valence-corrected chi connectivity index (χ1v) is 9.34. The fourth-order valence-electron chi connectivity index (χ4n) is 2.21. The highest BCUT2D eigenvalue weighted by Gasteiger charge is 2.24. The van der Waals surface area contributed by atoms with Gasteiger partial charge >= 0.3 is 0 Å². The van der Waals surface area contributed by atoms with Gasteiger partial charge in [-0.1, -0.05) is 55.1 Å². The summed E-state index contributed by atoms with van der Waals surface area (Å²) in [6, 6.07) is 9.90. The van der Waals surface area contributed by atoms with Crippen LogP contribution in [0, 0.1) is 0 Å². The zero-order valence-electron chi connectivity index (χ0n) is 15.3. The van der Waals surface area contributed by atoms with Crippen molar-refractivity contribution in [3.05, 3.63) is 43.0 Å². The number of hydrogen-bond donors (Lipinski definition) is 1. The lowest BCUT2D eigenvalue weighted by Gasteiger charge is -2.26. The Morgan fingerprint density at radius 2 is 2.04 bits per heavy atom. The Morgan fingerprint density at radius 1 is 1.36 bits per heavy atom. The van der Waals surface area contributed by atoms with Crippen LogP contribution in [0.3, 0.4) is 0 Å². The SMILES string of the molecule is C=CCn1c(SC(C)C(=O)NC(C)(C)CC)nnc1-c1ccccc1. The van der Waals surface area contributed by atoms with Crippen molar-refractivity contribution in [1.29, 1.82) is 0 Å². The lowest BCUT2D eigenvalue weighted by molar-refractivity contribution is -0.121. The first-order valence-electron chi connectivity index (χ1n) is 8.46. The number of carbonyl (C=O) groups is 1. The molecule has 0 saturated carbocycles. The number of allylic oxidation sites excluding steroid dienone is 1. The molecule has 0 spiro atoms. The predicted octanol–water partition coefficient (Wildman–Crippen LogP) is 3.92. The second kappa shape index (κ2) is 8.34. The molecule has 1 atom stereocenters. The Bertz CT molecular complexity index is 724. The van der Waals surface area contributed by atoms with E-state index in [9.17, 15) is 4.79 Å². The Labute approximate surface area is 153 Å². The molecule has 134 valence electrons. The number of nitrogens with one attached hydrogen (secondary N) is 1. The smallest absolute Gasteiger partial charge is 0.233 e. The molecule has 0 aliphatic carbocycles. The van der Waals surface area contributed by atoms with E-state index in [0.29, 0.717) is 6.54 Å². The standard InChI is InChI=1S/C19H26N4OS/c1-6-13-23-16(15-11-9-8-10-12-15)21-22-18(23)25-14(3)17(24)20-19(4,5)7-2/h6,8-12,14H,1,7,13H2,2-5H3,(H,20,24). The minimum atomic E-state index is -0.262. The van der Waals surface area contributed by atoms with E-state index in [4.69, 9.17) is 0 Å². The summed E-state index contributed by atoms with van der Waals surface area (Å²) < 4.78 is 1.99. The highest BCUT2D eigenvalue weighted by molar-refractivity contribution is 8.00. The van der Waals surface area contributed by atoms with Crippen molar-refractivity contribution < 1.29 is 4.79 Å². The molecule has 1 amide bonds. The largest absolute Gasteiger partial charge is 0.350 e. The van der Waals surface area contributed by atoms with Crippen LogP contribution in [-0.4, -0.2) is 31.5 Å². The van der Waals surface area contributed by atoms with Gasteiger partial charge in [0.2, 0.25) is 5.91 Å². The van der Waals surface area contributed by atoms with Crippen LogP contribution >= 0.6 is 11.8 Å². The molecule has 1 N–H and O–H groups in total. The van der Waals surface area contributed by atoms with Crippen molar-refractivity contribution in [3.8, 4) is 11.4 Å². The fraction of sp³-hybridized carbons (Fsp3) is 0.421. The van der Waals surface area contributed by atoms with Gasteiger partial charge in [-0.15, -0.1) is 16.8 Å². The van der Waals surface area contributed by atoms with Crippen molar-refractivity contribution in [1.82, 2.24) is 20.1 Å². The second-order valence-corrected chi connectivity index (χ2v) is 7.87. The molecular formula is C19H26N4OS. The van der Waals surface area contributed by atoms with Gasteiger partial charge in [0, 0.05) is 17.6 Å². The molecule has 0 aliphatic rings. The summed E-state index contributed by atoms with van der Waals surface area (Å²) in [6.45, 7) is 12.4. The van der Waals surface area contributed by atoms with Gasteiger partial charge < -0.3 is 5.32 Å². The van der Waals surface area contributed by atoms with Crippen molar-refractivity contribution in [2.75, 3.05) is 0 Å². The van der Waals surface area contributed by atoms with E-state index in [1.165, 1.54) is 11.8 Å². The van der Waals surface area contributed by atoms with Crippen LogP contribution in [0.15, 0.2) is 48.1 Å². The maximum atomic E-state index is 12.5. The molecule has 0 fully saturated rings. The molecule has 0 saturated heterocycles. The molecule has 5 nitrogen and oxygen atoms in total. The number of hydrogen-bond acceptors (Lipinski definition) is 4. The minimum absolute atomic E-state index is 0.00580. The summed E-state index contributed by atoms with van der Waals surface area (Å²) in [6.07, 6.45) is 2.69. The summed E-state index contributed by atoms with van der Waals surface area (Å²) in [5.74, 6) is 0.788. The Balaban J connectivity index is 2.21. The highest BCUT2D eigenvalue weighted by atomic mass is 32.2. The Kier molecular flexibility index (Phi) is 6.42. The molecule has 1 unspecified atom stereocenters. The third-order valence-corrected chi connectivity index (χ3v) is 5.14. The number of amides is 1. The molecule has 1 aromatic carbocycles. The van der Waals surface area contributed by atoms with E-state index in [1.54, 1.807) is 0 Å². The minimum Gasteiger partial charge on any atom is -0.350 e. The van der Waals surface area contributed by atoms with Gasteiger partial charge in [-0.25, -0.2) is 0 Å². The lowest BCUT2D eigenvalue weighted by atomic mass is 10.0. The molecular weight excluding hydrogens is 332 g/mol. The number of thioether (sulfide) groups is 1. The number of carbonyl (C=O) groups excluding carboxylic acids is 1. The summed E-state index contributed by atoms with van der Waals surface area (Å²) in [4.78, 5) is 12.5. The van der Waals surface area contributed by atoms with E-state index in [2.05, 4.69) is 29.0 Å². The normalized spacial score (nSPS) is 12.6. The molecule has 0 bridgehead atoms. The van der Waals surface area contributed by atoms with E-state index < -0.39 is 0 Å². The van der Waals surface area contributed by atoms with Gasteiger partial charge in [-0.3, -0.25) is 9.36 Å². The molecule has 1 heterocycles. The van der Waals surface area contributed by atoms with Gasteiger partial charge in [-0.2, -0.15) is 0 Å². The Hall–Kier alpha value is -2.08.